The van der Waals surface area contributed by atoms with Gasteiger partial charge in [0.05, 0.1) is 23.0 Å². The molecule has 5 aromatic rings. The number of aliphatic carboxylic acids is 1. The van der Waals surface area contributed by atoms with Crippen molar-refractivity contribution >= 4 is 41.0 Å². The van der Waals surface area contributed by atoms with E-state index in [0.717, 1.165) is 41.8 Å². The predicted molar refractivity (Wildman–Crippen MR) is 267 cm³/mol. The number of pyridine rings is 1. The van der Waals surface area contributed by atoms with Gasteiger partial charge in [0.15, 0.2) is 0 Å². The van der Waals surface area contributed by atoms with Crippen LogP contribution in [0.4, 0.5) is 0 Å². The van der Waals surface area contributed by atoms with E-state index in [0.29, 0.717) is 23.1 Å². The second-order valence-electron chi connectivity index (χ2n) is 18.3. The number of fused-ring (bicyclic) bond motifs is 6. The van der Waals surface area contributed by atoms with Gasteiger partial charge >= 0.3 is 5.97 Å². The molecule has 0 radical (unpaired) electrons. The molecule has 0 spiro atoms. The molecule has 3 aromatic carbocycles. The number of carbonyl (C=O) groups excluding carboxylic acids is 5. The number of amides is 5. The zero-order valence-corrected chi connectivity index (χ0v) is 40.6. The van der Waals surface area contributed by atoms with Crippen LogP contribution in [0.3, 0.4) is 0 Å². The molecule has 1 aliphatic rings. The zero-order valence-electron chi connectivity index (χ0n) is 40.6. The van der Waals surface area contributed by atoms with Crippen molar-refractivity contribution in [2.75, 3.05) is 13.6 Å². The molecule has 1 aliphatic heterocycles. The molecule has 0 aliphatic carbocycles. The van der Waals surface area contributed by atoms with Gasteiger partial charge < -0.3 is 41.5 Å². The Kier molecular flexibility index (Phi) is 18.5. The van der Waals surface area contributed by atoms with Crippen molar-refractivity contribution < 1.29 is 44.1 Å². The normalized spacial score (nSPS) is 16.4. The van der Waals surface area contributed by atoms with E-state index < -0.39 is 59.7 Å². The number of aromatic hydroxyl groups is 2. The molecule has 372 valence electrons. The van der Waals surface area contributed by atoms with E-state index in [1.165, 1.54) is 101 Å². The first-order valence-corrected chi connectivity index (χ1v) is 24.6. The monoisotopic (exact) mass is 958 g/mol. The van der Waals surface area contributed by atoms with Crippen molar-refractivity contribution in [3.8, 4) is 33.9 Å². The number of hydrogen-bond acceptors (Lipinski definition) is 9. The van der Waals surface area contributed by atoms with Crippen LogP contribution in [0.2, 0.25) is 0 Å². The Hall–Kier alpha value is -7.23. The molecule has 0 saturated heterocycles. The van der Waals surface area contributed by atoms with Crippen LogP contribution >= 0.6 is 0 Å². The standard InChI is InChI=1S/C54H67N7O9/c1-5-7-9-10-11-12-14-16-35-20-23-37(24-21-35)44-18-15-19-45-41(33-56-61(44)45)51(66)55-29-28-48(64)58-42(17-13-8-6-2)53(68)60(4)49-38-25-27-47(63)40(32-38)39-30-36(22-26-46(39)62)31-43(54(69)70)59-50(65)34(3)57-52(49)67/h15,18-27,30,32-34,42-43,49,62-63H,5-14,16-17,28-29,31H2,1-4H3,(H,55,66)(H,57,67)(H,58,64)(H,59,65)(H,69,70)/t34-,42-,43-,49-/m0/s1. The lowest BCUT2D eigenvalue weighted by Crippen LogP contribution is -2.54. The summed E-state index contributed by atoms with van der Waals surface area (Å²) in [4.78, 5) is 82.6. The molecular formula is C54H67N7O9. The molecule has 0 saturated carbocycles. The van der Waals surface area contributed by atoms with Crippen LogP contribution in [0.25, 0.3) is 27.9 Å². The lowest BCUT2D eigenvalue weighted by Gasteiger charge is -2.32. The first-order chi connectivity index (χ1) is 33.7. The van der Waals surface area contributed by atoms with Crippen LogP contribution in [-0.4, -0.2) is 97.1 Å². The number of phenolic OH excluding ortho intramolecular Hbond substituents is 2. The first kappa shape index (κ1) is 52.1. The van der Waals surface area contributed by atoms with Crippen LogP contribution in [0, 0.1) is 0 Å². The average Bonchev–Trinajstić information content (AvgIpc) is 3.79. The number of carbonyl (C=O) groups is 6. The van der Waals surface area contributed by atoms with E-state index in [-0.39, 0.29) is 54.0 Å². The van der Waals surface area contributed by atoms with Gasteiger partial charge in [0.25, 0.3) is 5.91 Å². The fourth-order valence-corrected chi connectivity index (χ4v) is 8.92. The molecule has 3 heterocycles. The molecule has 0 fully saturated rings. The highest BCUT2D eigenvalue weighted by Crippen LogP contribution is 2.39. The minimum Gasteiger partial charge on any atom is -0.507 e. The van der Waals surface area contributed by atoms with Gasteiger partial charge in [-0.15, -0.1) is 0 Å². The summed E-state index contributed by atoms with van der Waals surface area (Å²) in [5.41, 5.74) is 4.90. The quantitative estimate of drug-likeness (QED) is 0.0361. The van der Waals surface area contributed by atoms with E-state index in [9.17, 15) is 44.1 Å². The minimum atomic E-state index is -1.43. The predicted octanol–water partition coefficient (Wildman–Crippen LogP) is 7.39. The summed E-state index contributed by atoms with van der Waals surface area (Å²) in [6.07, 6.45) is 13.4. The third kappa shape index (κ3) is 13.3. The van der Waals surface area contributed by atoms with E-state index in [1.54, 1.807) is 4.52 Å². The highest BCUT2D eigenvalue weighted by molar-refractivity contribution is 6.01. The van der Waals surface area contributed by atoms with E-state index in [4.69, 9.17) is 0 Å². The SMILES string of the molecule is CCCCCCCCCc1ccc(-c2cccc3c(C(=O)NCCC(=O)N[C@@H](CCCCC)C(=O)N(C)[C@@H]4C(=O)N[C@@H](C)C(=O)N[C@H](C(=O)O)Cc5ccc(O)c(c5)-c5cc4ccc5O)cnn23)cc1. The third-order valence-electron chi connectivity index (χ3n) is 13.0. The first-order valence-electron chi connectivity index (χ1n) is 24.6. The number of carboxylic acid groups (broad SMARTS) is 1. The van der Waals surface area contributed by atoms with Crippen molar-refractivity contribution in [1.82, 2.24) is 35.8 Å². The fraction of sp³-hybridized carbons (Fsp3) is 0.426. The van der Waals surface area contributed by atoms with Gasteiger partial charge in [0, 0.05) is 43.1 Å². The molecule has 7 N–H and O–H groups in total. The van der Waals surface area contributed by atoms with Gasteiger partial charge in [0.1, 0.15) is 35.7 Å². The number of nitrogens with zero attached hydrogens (tertiary/aromatic N) is 3. The number of aryl methyl sites for hydroxylation is 1. The third-order valence-corrected chi connectivity index (χ3v) is 13.0. The average molecular weight is 958 g/mol. The Morgan fingerprint density at radius 2 is 1.49 bits per heavy atom. The summed E-state index contributed by atoms with van der Waals surface area (Å²) >= 11 is 0. The summed E-state index contributed by atoms with van der Waals surface area (Å²) in [5.74, 6) is -4.98. The molecular weight excluding hydrogens is 891 g/mol. The van der Waals surface area contributed by atoms with E-state index >= 15 is 0 Å². The summed E-state index contributed by atoms with van der Waals surface area (Å²) in [5, 5.41) is 47.1. The maximum Gasteiger partial charge on any atom is 0.326 e. The number of hydrogen-bond donors (Lipinski definition) is 7. The van der Waals surface area contributed by atoms with Gasteiger partial charge in [-0.1, -0.05) is 114 Å². The van der Waals surface area contributed by atoms with E-state index in [1.807, 2.05) is 25.1 Å². The van der Waals surface area contributed by atoms with Crippen LogP contribution in [0.1, 0.15) is 131 Å². The molecule has 4 atom stereocenters. The van der Waals surface area contributed by atoms with Crippen LogP contribution in [-0.2, 0) is 36.8 Å². The fourth-order valence-electron chi connectivity index (χ4n) is 8.92. The van der Waals surface area contributed by atoms with Crippen LogP contribution < -0.4 is 21.3 Å². The summed E-state index contributed by atoms with van der Waals surface area (Å²) in [6.45, 7) is 5.56. The van der Waals surface area contributed by atoms with Gasteiger partial charge in [-0.25, -0.2) is 9.31 Å². The number of likely N-dealkylation sites (N-methyl/N-ethyl adjacent to an activating group) is 1. The number of carboxylic acids is 1. The Balaban J connectivity index is 1.14. The number of unbranched alkanes of at least 4 members (excludes halogenated alkanes) is 8. The van der Waals surface area contributed by atoms with Gasteiger partial charge in [-0.05, 0) is 79.3 Å². The van der Waals surface area contributed by atoms with Crippen molar-refractivity contribution in [3.63, 3.8) is 0 Å². The highest BCUT2D eigenvalue weighted by atomic mass is 16.4. The number of nitrogens with one attached hydrogen (secondary N) is 4. The second-order valence-corrected chi connectivity index (χ2v) is 18.3. The van der Waals surface area contributed by atoms with Crippen molar-refractivity contribution in [3.05, 3.63) is 107 Å². The molecule has 6 rings (SSSR count). The van der Waals surface area contributed by atoms with Gasteiger partial charge in [-0.3, -0.25) is 24.0 Å². The number of rotatable bonds is 21. The molecule has 70 heavy (non-hydrogen) atoms. The maximum absolute atomic E-state index is 14.5. The van der Waals surface area contributed by atoms with Gasteiger partial charge in [-0.2, -0.15) is 5.10 Å². The maximum atomic E-state index is 14.5. The Morgan fingerprint density at radius 1 is 0.814 bits per heavy atom. The van der Waals surface area contributed by atoms with E-state index in [2.05, 4.69) is 57.6 Å². The van der Waals surface area contributed by atoms with Gasteiger partial charge in [0.2, 0.25) is 23.6 Å². The molecule has 5 amide bonds. The Labute approximate surface area is 409 Å². The summed E-state index contributed by atoms with van der Waals surface area (Å²) in [7, 11) is 1.39. The van der Waals surface area contributed by atoms with Crippen molar-refractivity contribution in [1.29, 1.82) is 0 Å². The van der Waals surface area contributed by atoms with Crippen LogP contribution in [0.5, 0.6) is 11.5 Å². The summed E-state index contributed by atoms with van der Waals surface area (Å²) in [6, 6.07) is 17.5. The smallest absolute Gasteiger partial charge is 0.326 e. The minimum absolute atomic E-state index is 0.0499. The Bertz CT molecular complexity index is 2650. The zero-order chi connectivity index (χ0) is 50.3. The lowest BCUT2D eigenvalue weighted by molar-refractivity contribution is -0.144. The highest BCUT2D eigenvalue weighted by Gasteiger charge is 2.36. The largest absolute Gasteiger partial charge is 0.507 e. The molecule has 16 nitrogen and oxygen atoms in total. The van der Waals surface area contributed by atoms with Crippen LogP contribution in [0.15, 0.2) is 85.1 Å². The molecule has 2 aromatic heterocycles. The lowest BCUT2D eigenvalue weighted by atomic mass is 9.93. The number of phenols is 2. The summed E-state index contributed by atoms with van der Waals surface area (Å²) < 4.78 is 1.73. The molecule has 4 bridgehead atoms. The second kappa shape index (κ2) is 24.9. The van der Waals surface area contributed by atoms with Crippen molar-refractivity contribution in [2.24, 2.45) is 0 Å². The van der Waals surface area contributed by atoms with Crippen molar-refractivity contribution in [2.45, 2.75) is 135 Å². The number of aromatic nitrogens is 2. The molecule has 16 heteroatoms. The topological polar surface area (TPSA) is 232 Å². The Morgan fingerprint density at radius 3 is 2.20 bits per heavy atom. The number of benzene rings is 3. The molecule has 0 unspecified atom stereocenters.